The molecular formula is C14H20N2O2S2. The van der Waals surface area contributed by atoms with Crippen LogP contribution in [-0.2, 0) is 15.8 Å². The lowest BCUT2D eigenvalue weighted by Gasteiger charge is -2.16. The van der Waals surface area contributed by atoms with Gasteiger partial charge in [-0.15, -0.1) is 0 Å². The molecule has 20 heavy (non-hydrogen) atoms. The SMILES string of the molecule is CCC1CCN(S(=O)(=O)Cc2cccc(C(N)=S)c2)C1. The molecule has 2 N–H and O–H groups in total. The summed E-state index contributed by atoms with van der Waals surface area (Å²) in [6, 6.07) is 7.14. The summed E-state index contributed by atoms with van der Waals surface area (Å²) in [7, 11) is -3.25. The summed E-state index contributed by atoms with van der Waals surface area (Å²) < 4.78 is 26.4. The topological polar surface area (TPSA) is 63.4 Å². The highest BCUT2D eigenvalue weighted by atomic mass is 32.2. The van der Waals surface area contributed by atoms with E-state index in [0.717, 1.165) is 18.4 Å². The van der Waals surface area contributed by atoms with Crippen molar-refractivity contribution in [3.8, 4) is 0 Å². The second-order valence-electron chi connectivity index (χ2n) is 5.24. The molecule has 1 heterocycles. The third-order valence-electron chi connectivity index (χ3n) is 3.78. The van der Waals surface area contributed by atoms with Crippen LogP contribution in [0, 0.1) is 5.92 Å². The van der Waals surface area contributed by atoms with Gasteiger partial charge in [0.15, 0.2) is 0 Å². The maximum absolute atomic E-state index is 12.4. The van der Waals surface area contributed by atoms with Crippen LogP contribution in [0.25, 0.3) is 0 Å². The van der Waals surface area contributed by atoms with Gasteiger partial charge in [-0.25, -0.2) is 12.7 Å². The van der Waals surface area contributed by atoms with Gasteiger partial charge in [-0.3, -0.25) is 0 Å². The third-order valence-corrected chi connectivity index (χ3v) is 5.83. The van der Waals surface area contributed by atoms with Crippen LogP contribution in [-0.4, -0.2) is 30.8 Å². The fourth-order valence-electron chi connectivity index (χ4n) is 2.50. The van der Waals surface area contributed by atoms with Gasteiger partial charge in [-0.05, 0) is 24.0 Å². The second-order valence-corrected chi connectivity index (χ2v) is 7.65. The maximum atomic E-state index is 12.4. The Bertz CT molecular complexity index is 599. The van der Waals surface area contributed by atoms with Gasteiger partial charge in [0.25, 0.3) is 0 Å². The zero-order chi connectivity index (χ0) is 14.8. The summed E-state index contributed by atoms with van der Waals surface area (Å²) >= 11 is 4.92. The lowest BCUT2D eigenvalue weighted by atomic mass is 10.1. The van der Waals surface area contributed by atoms with Crippen LogP contribution in [0.2, 0.25) is 0 Å². The molecule has 0 aromatic heterocycles. The molecule has 0 spiro atoms. The van der Waals surface area contributed by atoms with Crippen molar-refractivity contribution in [2.45, 2.75) is 25.5 Å². The number of sulfonamides is 1. The van der Waals surface area contributed by atoms with E-state index >= 15 is 0 Å². The van der Waals surface area contributed by atoms with Gasteiger partial charge in [-0.1, -0.05) is 43.8 Å². The first-order valence-corrected chi connectivity index (χ1v) is 8.80. The van der Waals surface area contributed by atoms with Crippen LogP contribution in [0.3, 0.4) is 0 Å². The van der Waals surface area contributed by atoms with E-state index in [2.05, 4.69) is 6.92 Å². The molecular weight excluding hydrogens is 292 g/mol. The van der Waals surface area contributed by atoms with Gasteiger partial charge in [0.05, 0.1) is 5.75 Å². The molecule has 1 fully saturated rings. The summed E-state index contributed by atoms with van der Waals surface area (Å²) in [6.45, 7) is 3.39. The molecule has 0 bridgehead atoms. The molecule has 0 aliphatic carbocycles. The summed E-state index contributed by atoms with van der Waals surface area (Å²) in [4.78, 5) is 0.288. The Labute approximate surface area is 126 Å². The minimum absolute atomic E-state index is 0.0138. The second kappa shape index (κ2) is 6.20. The number of benzene rings is 1. The van der Waals surface area contributed by atoms with Crippen molar-refractivity contribution < 1.29 is 8.42 Å². The Balaban J connectivity index is 2.12. The van der Waals surface area contributed by atoms with Gasteiger partial charge in [0, 0.05) is 18.7 Å². The Kier molecular flexibility index (Phi) is 4.78. The van der Waals surface area contributed by atoms with Crippen LogP contribution < -0.4 is 5.73 Å². The van der Waals surface area contributed by atoms with E-state index in [1.807, 2.05) is 0 Å². The van der Waals surface area contributed by atoms with Crippen LogP contribution in [0.15, 0.2) is 24.3 Å². The van der Waals surface area contributed by atoms with Crippen molar-refractivity contribution in [1.82, 2.24) is 4.31 Å². The summed E-state index contributed by atoms with van der Waals surface area (Å²) in [5.74, 6) is 0.507. The summed E-state index contributed by atoms with van der Waals surface area (Å²) in [5, 5.41) is 0. The van der Waals surface area contributed by atoms with Gasteiger partial charge < -0.3 is 5.73 Å². The lowest BCUT2D eigenvalue weighted by molar-refractivity contribution is 0.452. The molecule has 2 rings (SSSR count). The molecule has 0 saturated carbocycles. The standard InChI is InChI=1S/C14H20N2O2S2/c1-2-11-6-7-16(9-11)20(17,18)10-12-4-3-5-13(8-12)14(15)19/h3-5,8,11H,2,6-7,9-10H2,1H3,(H2,15,19). The van der Waals surface area contributed by atoms with Crippen LogP contribution in [0.5, 0.6) is 0 Å². The van der Waals surface area contributed by atoms with Gasteiger partial charge in [0.1, 0.15) is 4.99 Å². The molecule has 4 nitrogen and oxygen atoms in total. The molecule has 1 aliphatic rings. The zero-order valence-electron chi connectivity index (χ0n) is 11.6. The van der Waals surface area contributed by atoms with Crippen molar-refractivity contribution in [2.75, 3.05) is 13.1 Å². The Hall–Kier alpha value is -0.980. The molecule has 1 aromatic rings. The van der Waals surface area contributed by atoms with Gasteiger partial charge in [0.2, 0.25) is 10.0 Å². The molecule has 0 amide bonds. The van der Waals surface area contributed by atoms with Crippen LogP contribution in [0.1, 0.15) is 30.9 Å². The molecule has 1 atom stereocenters. The Morgan fingerprint density at radius 2 is 2.25 bits per heavy atom. The Morgan fingerprint density at radius 1 is 1.50 bits per heavy atom. The molecule has 1 aromatic carbocycles. The first kappa shape index (κ1) is 15.4. The summed E-state index contributed by atoms with van der Waals surface area (Å²) in [5.41, 5.74) is 7.02. The minimum atomic E-state index is -3.25. The number of nitrogens with zero attached hydrogens (tertiary/aromatic N) is 1. The smallest absolute Gasteiger partial charge is 0.218 e. The highest BCUT2D eigenvalue weighted by Crippen LogP contribution is 2.23. The fraction of sp³-hybridized carbons (Fsp3) is 0.500. The van der Waals surface area contributed by atoms with E-state index in [1.165, 1.54) is 0 Å². The molecule has 1 aliphatic heterocycles. The Morgan fingerprint density at radius 3 is 2.85 bits per heavy atom. The number of hydrogen-bond acceptors (Lipinski definition) is 3. The highest BCUT2D eigenvalue weighted by Gasteiger charge is 2.30. The van der Waals surface area contributed by atoms with Crippen molar-refractivity contribution in [3.63, 3.8) is 0 Å². The third kappa shape index (κ3) is 3.56. The molecule has 1 saturated heterocycles. The molecule has 110 valence electrons. The first-order valence-electron chi connectivity index (χ1n) is 6.79. The van der Waals surface area contributed by atoms with Gasteiger partial charge >= 0.3 is 0 Å². The number of thiocarbonyl (C=S) groups is 1. The number of rotatable bonds is 5. The normalized spacial score (nSPS) is 20.1. The van der Waals surface area contributed by atoms with Crippen LogP contribution >= 0.6 is 12.2 Å². The van der Waals surface area contributed by atoms with E-state index in [4.69, 9.17) is 18.0 Å². The number of nitrogens with two attached hydrogens (primary N) is 1. The first-order chi connectivity index (χ1) is 9.42. The van der Waals surface area contributed by atoms with Crippen LogP contribution in [0.4, 0.5) is 0 Å². The average molecular weight is 312 g/mol. The molecule has 1 unspecified atom stereocenters. The van der Waals surface area contributed by atoms with E-state index < -0.39 is 10.0 Å². The lowest BCUT2D eigenvalue weighted by Crippen LogP contribution is -2.30. The highest BCUT2D eigenvalue weighted by molar-refractivity contribution is 7.88. The van der Waals surface area contributed by atoms with Crippen molar-refractivity contribution in [3.05, 3.63) is 35.4 Å². The van der Waals surface area contributed by atoms with E-state index in [-0.39, 0.29) is 10.7 Å². The molecule has 6 heteroatoms. The van der Waals surface area contributed by atoms with Gasteiger partial charge in [-0.2, -0.15) is 0 Å². The maximum Gasteiger partial charge on any atom is 0.218 e. The predicted molar refractivity (Wildman–Crippen MR) is 84.9 cm³/mol. The van der Waals surface area contributed by atoms with E-state index in [0.29, 0.717) is 24.6 Å². The minimum Gasteiger partial charge on any atom is -0.389 e. The van der Waals surface area contributed by atoms with Crippen molar-refractivity contribution in [2.24, 2.45) is 11.7 Å². The summed E-state index contributed by atoms with van der Waals surface area (Å²) in [6.07, 6.45) is 1.99. The van der Waals surface area contributed by atoms with Crippen molar-refractivity contribution in [1.29, 1.82) is 0 Å². The molecule has 0 radical (unpaired) electrons. The fourth-order valence-corrected chi connectivity index (χ4v) is 4.23. The monoisotopic (exact) mass is 312 g/mol. The largest absolute Gasteiger partial charge is 0.389 e. The van der Waals surface area contributed by atoms with Crippen molar-refractivity contribution >= 4 is 27.2 Å². The average Bonchev–Trinajstić information content (AvgIpc) is 2.88. The van der Waals surface area contributed by atoms with E-state index in [1.54, 1.807) is 28.6 Å². The zero-order valence-corrected chi connectivity index (χ0v) is 13.2. The quantitative estimate of drug-likeness (QED) is 0.843. The number of hydrogen-bond donors (Lipinski definition) is 1. The van der Waals surface area contributed by atoms with E-state index in [9.17, 15) is 8.42 Å². The predicted octanol–water partition coefficient (Wildman–Crippen LogP) is 1.88.